The second-order valence-corrected chi connectivity index (χ2v) is 7.23. The first-order chi connectivity index (χ1) is 12.6. The molecule has 0 aliphatic heterocycles. The summed E-state index contributed by atoms with van der Waals surface area (Å²) in [5.74, 6) is -0.406. The SMILES string of the molecule is CN(C)c1ccc(C(=O)NCCNC(=O)CCNC(=O)OC(C)(C)C)cc1. The first-order valence-corrected chi connectivity index (χ1v) is 8.87. The molecule has 0 fully saturated rings. The molecule has 0 aromatic heterocycles. The second-order valence-electron chi connectivity index (χ2n) is 7.23. The fraction of sp³-hybridized carbons (Fsp3) is 0.526. The summed E-state index contributed by atoms with van der Waals surface area (Å²) in [6.45, 7) is 6.12. The van der Waals surface area contributed by atoms with Gasteiger partial charge in [0.25, 0.3) is 5.91 Å². The number of nitrogens with one attached hydrogen (secondary N) is 3. The van der Waals surface area contributed by atoms with Gasteiger partial charge in [0.2, 0.25) is 5.91 Å². The molecule has 3 amide bonds. The Bertz CT molecular complexity index is 636. The first kappa shape index (κ1) is 22.3. The third-order valence-corrected chi connectivity index (χ3v) is 3.40. The van der Waals surface area contributed by atoms with Gasteiger partial charge in [0, 0.05) is 51.4 Å². The third kappa shape index (κ3) is 9.48. The molecule has 0 unspecified atom stereocenters. The zero-order valence-electron chi connectivity index (χ0n) is 16.7. The molecule has 1 aromatic rings. The molecule has 0 aliphatic rings. The Kier molecular flexibility index (Phi) is 8.58. The smallest absolute Gasteiger partial charge is 0.407 e. The van der Waals surface area contributed by atoms with Crippen molar-refractivity contribution in [1.29, 1.82) is 0 Å². The van der Waals surface area contributed by atoms with Crippen molar-refractivity contribution in [2.45, 2.75) is 32.8 Å². The minimum atomic E-state index is -0.572. The number of carbonyl (C=O) groups is 3. The Morgan fingerprint density at radius 3 is 2.07 bits per heavy atom. The van der Waals surface area contributed by atoms with Gasteiger partial charge in [-0.15, -0.1) is 0 Å². The molecular weight excluding hydrogens is 348 g/mol. The summed E-state index contributed by atoms with van der Waals surface area (Å²) < 4.78 is 5.07. The molecule has 0 saturated carbocycles. The minimum Gasteiger partial charge on any atom is -0.444 e. The van der Waals surface area contributed by atoms with E-state index < -0.39 is 11.7 Å². The van der Waals surface area contributed by atoms with Crippen molar-refractivity contribution in [2.75, 3.05) is 38.6 Å². The van der Waals surface area contributed by atoms with Crippen LogP contribution in [0.4, 0.5) is 10.5 Å². The van der Waals surface area contributed by atoms with E-state index in [0.29, 0.717) is 18.7 Å². The Balaban J connectivity index is 2.19. The van der Waals surface area contributed by atoms with Gasteiger partial charge < -0.3 is 25.6 Å². The fourth-order valence-electron chi connectivity index (χ4n) is 2.07. The van der Waals surface area contributed by atoms with Crippen LogP contribution in [0.1, 0.15) is 37.6 Å². The van der Waals surface area contributed by atoms with Gasteiger partial charge in [-0.2, -0.15) is 0 Å². The number of amides is 3. The summed E-state index contributed by atoms with van der Waals surface area (Å²) in [5, 5.41) is 7.95. The summed E-state index contributed by atoms with van der Waals surface area (Å²) >= 11 is 0. The van der Waals surface area contributed by atoms with Crippen LogP contribution in [-0.4, -0.2) is 57.2 Å². The van der Waals surface area contributed by atoms with E-state index in [2.05, 4.69) is 16.0 Å². The van der Waals surface area contributed by atoms with Gasteiger partial charge in [0.05, 0.1) is 0 Å². The maximum atomic E-state index is 12.0. The van der Waals surface area contributed by atoms with E-state index in [1.54, 1.807) is 32.9 Å². The number of anilines is 1. The molecule has 27 heavy (non-hydrogen) atoms. The zero-order valence-corrected chi connectivity index (χ0v) is 16.7. The van der Waals surface area contributed by atoms with Crippen LogP contribution >= 0.6 is 0 Å². The second kappa shape index (κ2) is 10.4. The van der Waals surface area contributed by atoms with Gasteiger partial charge >= 0.3 is 6.09 Å². The van der Waals surface area contributed by atoms with Crippen LogP contribution in [0.2, 0.25) is 0 Å². The molecule has 3 N–H and O–H groups in total. The van der Waals surface area contributed by atoms with Crippen LogP contribution in [-0.2, 0) is 9.53 Å². The molecule has 0 atom stereocenters. The van der Waals surface area contributed by atoms with Gasteiger partial charge in [-0.25, -0.2) is 4.79 Å². The van der Waals surface area contributed by atoms with Crippen molar-refractivity contribution in [1.82, 2.24) is 16.0 Å². The van der Waals surface area contributed by atoms with Crippen molar-refractivity contribution >= 4 is 23.6 Å². The highest BCUT2D eigenvalue weighted by molar-refractivity contribution is 5.94. The Morgan fingerprint density at radius 2 is 1.52 bits per heavy atom. The predicted octanol–water partition coefficient (Wildman–Crippen LogP) is 1.51. The molecule has 0 radical (unpaired) electrons. The monoisotopic (exact) mass is 378 g/mol. The van der Waals surface area contributed by atoms with E-state index in [0.717, 1.165) is 5.69 Å². The molecule has 0 heterocycles. The lowest BCUT2D eigenvalue weighted by Crippen LogP contribution is -2.37. The largest absolute Gasteiger partial charge is 0.444 e. The van der Waals surface area contributed by atoms with Crippen LogP contribution in [0.5, 0.6) is 0 Å². The molecule has 0 aliphatic carbocycles. The standard InChI is InChI=1S/C19H30N4O4/c1-19(2,3)27-18(26)22-11-10-16(24)20-12-13-21-17(25)14-6-8-15(9-7-14)23(4)5/h6-9H,10-13H2,1-5H3,(H,20,24)(H,21,25)(H,22,26). The van der Waals surface area contributed by atoms with Gasteiger partial charge in [0.1, 0.15) is 5.60 Å². The van der Waals surface area contributed by atoms with Crippen molar-refractivity contribution in [2.24, 2.45) is 0 Å². The summed E-state index contributed by atoms with van der Waals surface area (Å²) in [7, 11) is 3.86. The van der Waals surface area contributed by atoms with Crippen molar-refractivity contribution < 1.29 is 19.1 Å². The molecule has 1 aromatic carbocycles. The minimum absolute atomic E-state index is 0.138. The highest BCUT2D eigenvalue weighted by Gasteiger charge is 2.15. The van der Waals surface area contributed by atoms with E-state index in [1.165, 1.54) is 0 Å². The number of benzene rings is 1. The summed E-state index contributed by atoms with van der Waals surface area (Å²) in [4.78, 5) is 37.1. The molecule has 0 bridgehead atoms. The van der Waals surface area contributed by atoms with Crippen molar-refractivity contribution in [3.8, 4) is 0 Å². The van der Waals surface area contributed by atoms with Gasteiger partial charge in [-0.1, -0.05) is 0 Å². The highest BCUT2D eigenvalue weighted by Crippen LogP contribution is 2.11. The predicted molar refractivity (Wildman–Crippen MR) is 105 cm³/mol. The van der Waals surface area contributed by atoms with E-state index in [-0.39, 0.29) is 24.8 Å². The van der Waals surface area contributed by atoms with Crippen LogP contribution in [0.15, 0.2) is 24.3 Å². The number of ether oxygens (including phenoxy) is 1. The number of hydrogen-bond donors (Lipinski definition) is 3. The van der Waals surface area contributed by atoms with Gasteiger partial charge in [-0.3, -0.25) is 9.59 Å². The van der Waals surface area contributed by atoms with Gasteiger partial charge in [-0.05, 0) is 45.0 Å². The van der Waals surface area contributed by atoms with E-state index >= 15 is 0 Å². The summed E-state index contributed by atoms with van der Waals surface area (Å²) in [6.07, 6.45) is -0.415. The highest BCUT2D eigenvalue weighted by atomic mass is 16.6. The molecule has 8 heteroatoms. The Hall–Kier alpha value is -2.77. The van der Waals surface area contributed by atoms with Crippen LogP contribution < -0.4 is 20.9 Å². The number of alkyl carbamates (subject to hydrolysis) is 1. The Labute approximate surface area is 160 Å². The lowest BCUT2D eigenvalue weighted by atomic mass is 10.2. The topological polar surface area (TPSA) is 99.8 Å². The van der Waals surface area contributed by atoms with Crippen LogP contribution in [0.3, 0.4) is 0 Å². The molecular formula is C19H30N4O4. The van der Waals surface area contributed by atoms with Crippen molar-refractivity contribution in [3.05, 3.63) is 29.8 Å². The maximum Gasteiger partial charge on any atom is 0.407 e. The van der Waals surface area contributed by atoms with Crippen LogP contribution in [0, 0.1) is 0 Å². The number of rotatable bonds is 8. The quantitative estimate of drug-likeness (QED) is 0.596. The molecule has 150 valence electrons. The first-order valence-electron chi connectivity index (χ1n) is 8.87. The normalized spacial score (nSPS) is 10.7. The van der Waals surface area contributed by atoms with Crippen molar-refractivity contribution in [3.63, 3.8) is 0 Å². The van der Waals surface area contributed by atoms with E-state index in [4.69, 9.17) is 4.74 Å². The zero-order chi connectivity index (χ0) is 20.4. The molecule has 0 saturated heterocycles. The summed E-state index contributed by atoms with van der Waals surface area (Å²) in [5.41, 5.74) is 1.00. The Morgan fingerprint density at radius 1 is 0.926 bits per heavy atom. The van der Waals surface area contributed by atoms with Crippen LogP contribution in [0.25, 0.3) is 0 Å². The molecule has 8 nitrogen and oxygen atoms in total. The fourth-order valence-corrected chi connectivity index (χ4v) is 2.07. The number of hydrogen-bond acceptors (Lipinski definition) is 5. The van der Waals surface area contributed by atoms with E-state index in [1.807, 2.05) is 31.1 Å². The number of nitrogens with zero attached hydrogens (tertiary/aromatic N) is 1. The van der Waals surface area contributed by atoms with Gasteiger partial charge in [0.15, 0.2) is 0 Å². The summed E-state index contributed by atoms with van der Waals surface area (Å²) in [6, 6.07) is 7.25. The average Bonchev–Trinajstić information content (AvgIpc) is 2.57. The average molecular weight is 378 g/mol. The third-order valence-electron chi connectivity index (χ3n) is 3.40. The maximum absolute atomic E-state index is 12.0. The lowest BCUT2D eigenvalue weighted by Gasteiger charge is -2.19. The lowest BCUT2D eigenvalue weighted by molar-refractivity contribution is -0.120. The molecule has 1 rings (SSSR count). The van der Waals surface area contributed by atoms with E-state index in [9.17, 15) is 14.4 Å². The number of carbonyl (C=O) groups excluding carboxylic acids is 3. The molecule has 0 spiro atoms.